The van der Waals surface area contributed by atoms with Crippen LogP contribution in [0, 0.1) is 0 Å². The Labute approximate surface area is 74.7 Å². The van der Waals surface area contributed by atoms with Gasteiger partial charge >= 0.3 is 0 Å². The smallest absolute Gasteiger partial charge is 0.247 e. The molecule has 0 aromatic rings. The van der Waals surface area contributed by atoms with Gasteiger partial charge in [0.1, 0.15) is 6.10 Å². The molecule has 0 saturated carbocycles. The highest BCUT2D eigenvalue weighted by molar-refractivity contribution is 5.79. The van der Waals surface area contributed by atoms with E-state index in [9.17, 15) is 4.79 Å². The summed E-state index contributed by atoms with van der Waals surface area (Å²) in [4.78, 5) is 12.4. The third-order valence-electron chi connectivity index (χ3n) is 1.13. The van der Waals surface area contributed by atoms with Crippen LogP contribution in [0.5, 0.6) is 0 Å². The highest BCUT2D eigenvalue weighted by Crippen LogP contribution is 1.89. The minimum absolute atomic E-state index is 0.420. The first-order chi connectivity index (χ1) is 5.57. The maximum atomic E-state index is 10.5. The molecule has 1 atom stereocenters. The summed E-state index contributed by atoms with van der Waals surface area (Å²) in [6, 6.07) is 0. The predicted octanol–water partition coefficient (Wildman–Crippen LogP) is 0.0745. The Morgan fingerprint density at radius 1 is 1.50 bits per heavy atom. The molecule has 74 valence electrons. The summed E-state index contributed by atoms with van der Waals surface area (Å²) in [5.41, 5.74) is 5.00. The average molecular weight is 176 g/mol. The van der Waals surface area contributed by atoms with Crippen molar-refractivity contribution in [3.63, 3.8) is 0 Å². The van der Waals surface area contributed by atoms with E-state index in [-0.39, 0.29) is 0 Å². The lowest BCUT2D eigenvalue weighted by Gasteiger charge is -2.15. The van der Waals surface area contributed by atoms with E-state index in [0.29, 0.717) is 6.54 Å². The molecule has 4 heteroatoms. The van der Waals surface area contributed by atoms with Crippen molar-refractivity contribution in [2.24, 2.45) is 5.73 Å². The molecule has 0 aromatic carbocycles. The maximum Gasteiger partial charge on any atom is 0.247 e. The molecule has 0 aliphatic carbocycles. The average Bonchev–Trinajstić information content (AvgIpc) is 2.03. The second-order valence-corrected chi connectivity index (χ2v) is 2.39. The fourth-order valence-corrected chi connectivity index (χ4v) is 0.612. The van der Waals surface area contributed by atoms with Gasteiger partial charge in [0, 0.05) is 13.7 Å². The topological polar surface area (TPSA) is 55.6 Å². The van der Waals surface area contributed by atoms with Crippen LogP contribution in [0.25, 0.3) is 0 Å². The lowest BCUT2D eigenvalue weighted by atomic mass is 10.3. The van der Waals surface area contributed by atoms with Crippen molar-refractivity contribution >= 4 is 5.91 Å². The van der Waals surface area contributed by atoms with E-state index in [0.717, 1.165) is 0 Å². The summed E-state index contributed by atoms with van der Waals surface area (Å²) >= 11 is 0. The van der Waals surface area contributed by atoms with Crippen molar-refractivity contribution in [3.8, 4) is 0 Å². The molecule has 0 rings (SSSR count). The normalized spacial score (nSPS) is 11.8. The van der Waals surface area contributed by atoms with E-state index in [1.165, 1.54) is 7.11 Å². The number of methoxy groups -OCH3 is 1. The predicted molar refractivity (Wildman–Crippen MR) is 49.9 cm³/mol. The Balaban J connectivity index is 0. The van der Waals surface area contributed by atoms with Crippen molar-refractivity contribution < 1.29 is 9.53 Å². The van der Waals surface area contributed by atoms with Crippen LogP contribution in [0.1, 0.15) is 13.8 Å². The fraction of sp³-hybridized carbons (Fsp3) is 0.875. The van der Waals surface area contributed by atoms with E-state index in [1.54, 1.807) is 0 Å². The van der Waals surface area contributed by atoms with E-state index >= 15 is 0 Å². The molecule has 2 N–H and O–H groups in total. The third-order valence-corrected chi connectivity index (χ3v) is 1.13. The molecular weight excluding hydrogens is 156 g/mol. The van der Waals surface area contributed by atoms with Gasteiger partial charge in [-0.2, -0.15) is 0 Å². The van der Waals surface area contributed by atoms with Crippen molar-refractivity contribution in [1.29, 1.82) is 0 Å². The number of carbonyl (C=O) groups excluding carboxylic acids is 1. The molecule has 0 heterocycles. The minimum Gasteiger partial charge on any atom is -0.370 e. The summed E-state index contributed by atoms with van der Waals surface area (Å²) < 4.78 is 4.81. The first kappa shape index (κ1) is 13.9. The Bertz CT molecular complexity index is 116. The van der Waals surface area contributed by atoms with Gasteiger partial charge in [0.05, 0.1) is 0 Å². The van der Waals surface area contributed by atoms with Gasteiger partial charge in [-0.25, -0.2) is 0 Å². The molecule has 1 amide bonds. The number of carbonyl (C=O) groups is 1. The largest absolute Gasteiger partial charge is 0.370 e. The Kier molecular flexibility index (Phi) is 9.86. The zero-order chi connectivity index (χ0) is 10.1. The van der Waals surface area contributed by atoms with Gasteiger partial charge in [-0.3, -0.25) is 4.79 Å². The lowest BCUT2D eigenvalue weighted by molar-refractivity contribution is -0.128. The Morgan fingerprint density at radius 3 is 2.00 bits per heavy atom. The molecule has 0 radical (unpaired) electrons. The highest BCUT2D eigenvalue weighted by atomic mass is 16.5. The molecule has 0 fully saturated rings. The summed E-state index contributed by atoms with van der Waals surface area (Å²) in [5, 5.41) is 0. The summed E-state index contributed by atoms with van der Waals surface area (Å²) in [5.74, 6) is -0.420. The summed E-state index contributed by atoms with van der Waals surface area (Å²) in [6.07, 6.45) is -0.491. The third kappa shape index (κ3) is 7.50. The van der Waals surface area contributed by atoms with E-state index in [1.807, 2.05) is 32.8 Å². The van der Waals surface area contributed by atoms with Crippen molar-refractivity contribution in [1.82, 2.24) is 4.90 Å². The Morgan fingerprint density at radius 2 is 1.92 bits per heavy atom. The SMILES string of the molecule is CC.COC(CN(C)C)C(N)=O. The molecule has 0 aliphatic rings. The number of hydrogen-bond donors (Lipinski definition) is 1. The quantitative estimate of drug-likeness (QED) is 0.659. The molecule has 0 aromatic heterocycles. The molecule has 4 nitrogen and oxygen atoms in total. The van der Waals surface area contributed by atoms with Gasteiger partial charge in [0.15, 0.2) is 0 Å². The molecule has 0 bridgehead atoms. The van der Waals surface area contributed by atoms with Crippen LogP contribution in [-0.4, -0.2) is 44.7 Å². The van der Waals surface area contributed by atoms with Crippen LogP contribution >= 0.6 is 0 Å². The van der Waals surface area contributed by atoms with Crippen molar-refractivity contribution in [3.05, 3.63) is 0 Å². The number of amides is 1. The minimum atomic E-state index is -0.491. The first-order valence-corrected chi connectivity index (χ1v) is 4.04. The molecule has 0 aliphatic heterocycles. The number of ether oxygens (including phenoxy) is 1. The van der Waals surface area contributed by atoms with Crippen LogP contribution in [0.4, 0.5) is 0 Å². The van der Waals surface area contributed by atoms with E-state index in [2.05, 4.69) is 0 Å². The van der Waals surface area contributed by atoms with Gasteiger partial charge in [0.25, 0.3) is 0 Å². The second kappa shape index (κ2) is 8.49. The fourth-order valence-electron chi connectivity index (χ4n) is 0.612. The number of likely N-dealkylation sites (N-methyl/N-ethyl adjacent to an activating group) is 1. The molecule has 0 saturated heterocycles. The number of rotatable bonds is 4. The number of nitrogens with two attached hydrogens (primary N) is 1. The van der Waals surface area contributed by atoms with Crippen LogP contribution in [0.15, 0.2) is 0 Å². The zero-order valence-corrected chi connectivity index (χ0v) is 8.63. The Hall–Kier alpha value is -0.610. The number of nitrogens with zero attached hydrogens (tertiary/aromatic N) is 1. The molecule has 0 spiro atoms. The van der Waals surface area contributed by atoms with Crippen LogP contribution in [0.3, 0.4) is 0 Å². The highest BCUT2D eigenvalue weighted by Gasteiger charge is 2.13. The van der Waals surface area contributed by atoms with Crippen molar-refractivity contribution in [2.75, 3.05) is 27.7 Å². The van der Waals surface area contributed by atoms with Gasteiger partial charge < -0.3 is 15.4 Å². The number of primary amides is 1. The van der Waals surface area contributed by atoms with E-state index < -0.39 is 12.0 Å². The van der Waals surface area contributed by atoms with Gasteiger partial charge in [-0.15, -0.1) is 0 Å². The lowest BCUT2D eigenvalue weighted by Crippen LogP contribution is -2.38. The number of hydrogen-bond acceptors (Lipinski definition) is 3. The van der Waals surface area contributed by atoms with E-state index in [4.69, 9.17) is 10.5 Å². The van der Waals surface area contributed by atoms with Crippen molar-refractivity contribution in [2.45, 2.75) is 20.0 Å². The van der Waals surface area contributed by atoms with Gasteiger partial charge in [-0.05, 0) is 14.1 Å². The molecule has 1 unspecified atom stereocenters. The molecule has 12 heavy (non-hydrogen) atoms. The first-order valence-electron chi connectivity index (χ1n) is 4.04. The summed E-state index contributed by atoms with van der Waals surface area (Å²) in [7, 11) is 5.18. The monoisotopic (exact) mass is 176 g/mol. The van der Waals surface area contributed by atoms with Crippen LogP contribution in [-0.2, 0) is 9.53 Å². The second-order valence-electron chi connectivity index (χ2n) is 2.39. The van der Waals surface area contributed by atoms with Crippen LogP contribution < -0.4 is 5.73 Å². The molecular formula is C8H20N2O2. The van der Waals surface area contributed by atoms with Crippen LogP contribution in [0.2, 0.25) is 0 Å². The zero-order valence-electron chi connectivity index (χ0n) is 8.63. The summed E-state index contributed by atoms with van der Waals surface area (Å²) in [6.45, 7) is 4.53. The van der Waals surface area contributed by atoms with Gasteiger partial charge in [-0.1, -0.05) is 13.8 Å². The maximum absolute atomic E-state index is 10.5. The van der Waals surface area contributed by atoms with Gasteiger partial charge in [0.2, 0.25) is 5.91 Å². The standard InChI is InChI=1S/C6H14N2O2.C2H6/c1-8(2)4-5(10-3)6(7)9;1-2/h5H,4H2,1-3H3,(H2,7,9);1-2H3.